The second-order valence-electron chi connectivity index (χ2n) is 13.2. The molecule has 6 rings (SSSR count). The Morgan fingerprint density at radius 1 is 0.789 bits per heavy atom. The smallest absolute Gasteiger partial charge is 0.206 e. The summed E-state index contributed by atoms with van der Waals surface area (Å²) in [6.07, 6.45) is 3.21. The minimum Gasteiger partial charge on any atom is -0.461 e. The number of para-hydroxylation sites is 1. The predicted molar refractivity (Wildman–Crippen MR) is 222 cm³/mol. The Labute approximate surface area is 338 Å². The van der Waals surface area contributed by atoms with Crippen molar-refractivity contribution in [2.24, 2.45) is 0 Å². The van der Waals surface area contributed by atoms with Crippen LogP contribution in [-0.4, -0.2) is 83.6 Å². The van der Waals surface area contributed by atoms with Crippen LogP contribution in [0.15, 0.2) is 101 Å². The third-order valence-electron chi connectivity index (χ3n) is 9.01. The van der Waals surface area contributed by atoms with Gasteiger partial charge in [-0.2, -0.15) is 0 Å². The minimum absolute atomic E-state index is 0.0831. The van der Waals surface area contributed by atoms with Crippen LogP contribution in [-0.2, 0) is 43.1 Å². The standard InChI is InChI=1S/C43H46ClFN2O6.C2H5NO/c44-35-14-12-33(13-15-35)43-42(38-4-1-2-5-39(38)47-43)40(48)6-3-20-49-22-24-51-26-27-52-25-23-50-21-19-46-30-32-7-11-34-29-37(53-41(34)28-32)18-10-31-8-16-36(45)17-9-31;1-3-2-4/h1-2,4-5,7-9,11-17,28-29,46-47H,3,6,10,18-27,30H2;2H,1H3,(H,3,4). The van der Waals surface area contributed by atoms with Gasteiger partial charge in [0.1, 0.15) is 17.2 Å². The molecule has 0 aliphatic heterocycles. The summed E-state index contributed by atoms with van der Waals surface area (Å²) >= 11 is 6.08. The Morgan fingerprint density at radius 2 is 1.44 bits per heavy atom. The van der Waals surface area contributed by atoms with Gasteiger partial charge < -0.3 is 39.0 Å². The number of nitrogens with one attached hydrogen (secondary N) is 3. The number of ether oxygens (including phenoxy) is 4. The van der Waals surface area contributed by atoms with Gasteiger partial charge >= 0.3 is 0 Å². The molecule has 12 heteroatoms. The number of aryl methyl sites for hydroxylation is 2. The third-order valence-corrected chi connectivity index (χ3v) is 9.26. The maximum Gasteiger partial charge on any atom is 0.206 e. The fraction of sp³-hybridized carbons (Fsp3) is 0.333. The number of aromatic nitrogens is 1. The van der Waals surface area contributed by atoms with Gasteiger partial charge in [0.25, 0.3) is 0 Å². The van der Waals surface area contributed by atoms with E-state index < -0.39 is 0 Å². The SMILES string of the molecule is CNC=O.O=C(CCCOCCOCCOCCOCCNCc1ccc2cc(CCc3ccc(F)cc3)oc2c1)c1c(-c2ccc(Cl)cc2)[nH]c2ccccc12. The van der Waals surface area contributed by atoms with E-state index in [0.29, 0.717) is 82.7 Å². The van der Waals surface area contributed by atoms with Crippen LogP contribution in [0.1, 0.15) is 40.1 Å². The molecular formula is C45H51ClFN3O7. The van der Waals surface area contributed by atoms with E-state index in [1.54, 1.807) is 7.05 Å². The van der Waals surface area contributed by atoms with E-state index in [1.165, 1.54) is 12.1 Å². The van der Waals surface area contributed by atoms with Crippen molar-refractivity contribution >= 4 is 45.7 Å². The summed E-state index contributed by atoms with van der Waals surface area (Å²) in [5.41, 5.74) is 6.49. The summed E-state index contributed by atoms with van der Waals surface area (Å²) < 4.78 is 41.8. The molecule has 3 N–H and O–H groups in total. The van der Waals surface area contributed by atoms with E-state index >= 15 is 0 Å². The number of aromatic amines is 1. The van der Waals surface area contributed by atoms with Crippen molar-refractivity contribution < 1.29 is 37.3 Å². The van der Waals surface area contributed by atoms with Crippen LogP contribution in [0.2, 0.25) is 5.02 Å². The van der Waals surface area contributed by atoms with Crippen molar-refractivity contribution in [3.63, 3.8) is 0 Å². The lowest BCUT2D eigenvalue weighted by molar-refractivity contribution is -0.109. The molecule has 2 aromatic heterocycles. The molecule has 0 aliphatic rings. The van der Waals surface area contributed by atoms with Crippen molar-refractivity contribution in [3.05, 3.63) is 130 Å². The van der Waals surface area contributed by atoms with Gasteiger partial charge in [0.05, 0.1) is 57.5 Å². The first kappa shape index (κ1) is 43.2. The highest BCUT2D eigenvalue weighted by Gasteiger charge is 2.19. The Balaban J connectivity index is 0.00000148. The van der Waals surface area contributed by atoms with Crippen molar-refractivity contribution in [2.45, 2.75) is 32.2 Å². The van der Waals surface area contributed by atoms with Crippen molar-refractivity contribution in [1.29, 1.82) is 0 Å². The van der Waals surface area contributed by atoms with E-state index in [-0.39, 0.29) is 11.6 Å². The molecule has 0 fully saturated rings. The van der Waals surface area contributed by atoms with Gasteiger partial charge in [-0.15, -0.1) is 0 Å². The summed E-state index contributed by atoms with van der Waals surface area (Å²) in [4.78, 5) is 25.8. The Bertz CT molecular complexity index is 2100. The number of amides is 1. The van der Waals surface area contributed by atoms with E-state index in [0.717, 1.165) is 75.9 Å². The van der Waals surface area contributed by atoms with E-state index in [2.05, 4.69) is 39.9 Å². The topological polar surface area (TPSA) is 124 Å². The first-order chi connectivity index (χ1) is 27.9. The van der Waals surface area contributed by atoms with E-state index in [9.17, 15) is 9.18 Å². The normalized spacial score (nSPS) is 11.1. The van der Waals surface area contributed by atoms with Crippen LogP contribution in [0, 0.1) is 5.82 Å². The maximum absolute atomic E-state index is 13.3. The second-order valence-corrected chi connectivity index (χ2v) is 13.6. The largest absolute Gasteiger partial charge is 0.461 e. The van der Waals surface area contributed by atoms with Crippen LogP contribution in [0.5, 0.6) is 0 Å². The molecule has 0 spiro atoms. The maximum atomic E-state index is 13.3. The average Bonchev–Trinajstić information content (AvgIpc) is 3.83. The molecule has 0 aliphatic carbocycles. The average molecular weight is 800 g/mol. The predicted octanol–water partition coefficient (Wildman–Crippen LogP) is 8.34. The Morgan fingerprint density at radius 3 is 2.14 bits per heavy atom. The zero-order chi connectivity index (χ0) is 40.1. The van der Waals surface area contributed by atoms with Gasteiger partial charge in [-0.05, 0) is 72.0 Å². The molecule has 1 amide bonds. The molecule has 4 aromatic carbocycles. The molecule has 6 aromatic rings. The van der Waals surface area contributed by atoms with Gasteiger partial charge in [0.2, 0.25) is 6.41 Å². The summed E-state index contributed by atoms with van der Waals surface area (Å²) in [6, 6.07) is 30.3. The van der Waals surface area contributed by atoms with Crippen LogP contribution in [0.25, 0.3) is 33.1 Å². The van der Waals surface area contributed by atoms with Crippen molar-refractivity contribution in [3.8, 4) is 11.3 Å². The molecule has 0 bridgehead atoms. The molecule has 0 saturated carbocycles. The molecule has 0 unspecified atom stereocenters. The Kier molecular flexibility index (Phi) is 18.2. The number of hydrogen-bond acceptors (Lipinski definition) is 8. The highest BCUT2D eigenvalue weighted by molar-refractivity contribution is 6.30. The van der Waals surface area contributed by atoms with Crippen LogP contribution < -0.4 is 10.6 Å². The highest BCUT2D eigenvalue weighted by Crippen LogP contribution is 2.32. The van der Waals surface area contributed by atoms with Crippen LogP contribution >= 0.6 is 11.6 Å². The van der Waals surface area contributed by atoms with Gasteiger partial charge in [0.15, 0.2) is 5.78 Å². The van der Waals surface area contributed by atoms with Gasteiger partial charge in [-0.1, -0.05) is 66.2 Å². The molecule has 2 heterocycles. The molecule has 10 nitrogen and oxygen atoms in total. The van der Waals surface area contributed by atoms with Crippen molar-refractivity contribution in [1.82, 2.24) is 15.6 Å². The Hall–Kier alpha value is -4.88. The fourth-order valence-electron chi connectivity index (χ4n) is 6.15. The van der Waals surface area contributed by atoms with Crippen LogP contribution in [0.3, 0.4) is 0 Å². The van der Waals surface area contributed by atoms with Gasteiger partial charge in [0, 0.05) is 60.9 Å². The number of Topliss-reactive ketones (excluding diaryl/α,β-unsaturated/α-hetero) is 1. The second kappa shape index (κ2) is 24.0. The zero-order valence-electron chi connectivity index (χ0n) is 32.3. The summed E-state index contributed by atoms with van der Waals surface area (Å²) in [5.74, 6) is 0.791. The molecule has 0 radical (unpaired) electrons. The highest BCUT2D eigenvalue weighted by atomic mass is 35.5. The minimum atomic E-state index is -0.218. The fourth-order valence-corrected chi connectivity index (χ4v) is 6.27. The first-order valence-electron chi connectivity index (χ1n) is 19.2. The number of hydrogen-bond donors (Lipinski definition) is 3. The number of H-pyrrole nitrogens is 1. The number of ketones is 1. The van der Waals surface area contributed by atoms with Gasteiger partial charge in [-0.25, -0.2) is 4.39 Å². The lowest BCUT2D eigenvalue weighted by Crippen LogP contribution is -2.20. The monoisotopic (exact) mass is 799 g/mol. The summed E-state index contributed by atoms with van der Waals surface area (Å²) in [7, 11) is 1.56. The quantitative estimate of drug-likeness (QED) is 0.0317. The number of rotatable bonds is 24. The number of halogens is 2. The number of carbonyl (C=O) groups excluding carboxylic acids is 2. The lowest BCUT2D eigenvalue weighted by atomic mass is 9.99. The van der Waals surface area contributed by atoms with Gasteiger partial charge in [-0.3, -0.25) is 9.59 Å². The number of benzene rings is 4. The summed E-state index contributed by atoms with van der Waals surface area (Å²) in [5, 5.41) is 8.31. The lowest BCUT2D eigenvalue weighted by Gasteiger charge is -2.08. The van der Waals surface area contributed by atoms with E-state index in [4.69, 9.17) is 39.8 Å². The summed E-state index contributed by atoms with van der Waals surface area (Å²) in [6.45, 7) is 5.43. The molecule has 302 valence electrons. The van der Waals surface area contributed by atoms with Crippen molar-refractivity contribution in [2.75, 3.05) is 66.4 Å². The first-order valence-corrected chi connectivity index (χ1v) is 19.6. The number of carbonyl (C=O) groups is 2. The zero-order valence-corrected chi connectivity index (χ0v) is 33.1. The molecule has 57 heavy (non-hydrogen) atoms. The van der Waals surface area contributed by atoms with Crippen LogP contribution in [0.4, 0.5) is 4.39 Å². The number of furan rings is 1. The molecule has 0 atom stereocenters. The molecule has 0 saturated heterocycles. The third kappa shape index (κ3) is 14.2. The number of fused-ring (bicyclic) bond motifs is 2. The van der Waals surface area contributed by atoms with E-state index in [1.807, 2.05) is 60.7 Å². The molecular weight excluding hydrogens is 749 g/mol.